The molecule has 2 fully saturated rings. The Kier molecular flexibility index (Phi) is 14.9. The summed E-state index contributed by atoms with van der Waals surface area (Å²) in [6.07, 6.45) is 10.7. The first kappa shape index (κ1) is 24.8. The Morgan fingerprint density at radius 3 is 1.30 bits per heavy atom. The molecule has 0 amide bonds. The SMILES string of the molecule is S=C(SSCCSCCSSC(=S)N1CCCCCC1)N1CCCCCC1. The quantitative estimate of drug-likeness (QED) is 0.200. The van der Waals surface area contributed by atoms with Crippen molar-refractivity contribution in [3.8, 4) is 0 Å². The molecule has 9 heteroatoms. The monoisotopic (exact) mass is 500 g/mol. The summed E-state index contributed by atoms with van der Waals surface area (Å²) in [5.74, 6) is 4.77. The van der Waals surface area contributed by atoms with Crippen molar-refractivity contribution in [2.45, 2.75) is 51.4 Å². The van der Waals surface area contributed by atoms with Crippen molar-refractivity contribution in [3.05, 3.63) is 0 Å². The number of nitrogens with zero attached hydrogens (tertiary/aromatic N) is 2. The average molecular weight is 501 g/mol. The van der Waals surface area contributed by atoms with E-state index in [0.717, 1.165) is 34.8 Å². The van der Waals surface area contributed by atoms with E-state index >= 15 is 0 Å². The predicted molar refractivity (Wildman–Crippen MR) is 143 cm³/mol. The van der Waals surface area contributed by atoms with Gasteiger partial charge in [-0.2, -0.15) is 11.8 Å². The molecule has 156 valence electrons. The van der Waals surface area contributed by atoms with Crippen molar-refractivity contribution in [2.75, 3.05) is 49.2 Å². The van der Waals surface area contributed by atoms with Crippen molar-refractivity contribution in [1.82, 2.24) is 9.80 Å². The summed E-state index contributed by atoms with van der Waals surface area (Å²) in [5.41, 5.74) is 0. The molecule has 2 heterocycles. The van der Waals surface area contributed by atoms with Crippen LogP contribution in [0.15, 0.2) is 0 Å². The maximum Gasteiger partial charge on any atom is 0.147 e. The summed E-state index contributed by atoms with van der Waals surface area (Å²) in [4.78, 5) is 4.82. The highest BCUT2D eigenvalue weighted by molar-refractivity contribution is 8.84. The number of rotatable bonds is 8. The Morgan fingerprint density at radius 1 is 0.556 bits per heavy atom. The Morgan fingerprint density at radius 2 is 0.926 bits per heavy atom. The number of thiocarbonyl (C=S) groups is 2. The van der Waals surface area contributed by atoms with Crippen LogP contribution in [0, 0.1) is 0 Å². The van der Waals surface area contributed by atoms with Crippen LogP contribution in [0.4, 0.5) is 0 Å². The van der Waals surface area contributed by atoms with Gasteiger partial charge >= 0.3 is 0 Å². The minimum atomic E-state index is 1.10. The van der Waals surface area contributed by atoms with Crippen molar-refractivity contribution in [1.29, 1.82) is 0 Å². The first-order valence-electron chi connectivity index (χ1n) is 10.0. The normalized spacial score (nSPS) is 18.8. The van der Waals surface area contributed by atoms with Crippen LogP contribution in [-0.4, -0.2) is 67.6 Å². The van der Waals surface area contributed by atoms with E-state index in [1.54, 1.807) is 0 Å². The maximum atomic E-state index is 5.60. The summed E-state index contributed by atoms with van der Waals surface area (Å²) in [6.45, 7) is 4.65. The van der Waals surface area contributed by atoms with Gasteiger partial charge in [0.1, 0.15) is 8.64 Å². The van der Waals surface area contributed by atoms with Crippen LogP contribution in [0.2, 0.25) is 0 Å². The fourth-order valence-corrected chi connectivity index (χ4v) is 9.91. The van der Waals surface area contributed by atoms with Crippen LogP contribution in [0.5, 0.6) is 0 Å². The van der Waals surface area contributed by atoms with Crippen LogP contribution in [0.25, 0.3) is 0 Å². The van der Waals surface area contributed by atoms with Crippen molar-refractivity contribution in [2.24, 2.45) is 0 Å². The third-order valence-electron chi connectivity index (χ3n) is 4.61. The highest BCUT2D eigenvalue weighted by atomic mass is 33.1. The summed E-state index contributed by atoms with van der Waals surface area (Å²) in [6, 6.07) is 0. The molecule has 0 N–H and O–H groups in total. The predicted octanol–water partition coefficient (Wildman–Crippen LogP) is 6.80. The second-order valence-electron chi connectivity index (χ2n) is 6.76. The van der Waals surface area contributed by atoms with Gasteiger partial charge < -0.3 is 9.80 Å². The van der Waals surface area contributed by atoms with E-state index in [-0.39, 0.29) is 0 Å². The van der Waals surface area contributed by atoms with Gasteiger partial charge in [0, 0.05) is 49.2 Å². The van der Waals surface area contributed by atoms with Gasteiger partial charge in [0.25, 0.3) is 0 Å². The molecule has 2 rings (SSSR count). The minimum Gasteiger partial charge on any atom is -0.357 e. The van der Waals surface area contributed by atoms with Crippen LogP contribution >= 0.6 is 79.4 Å². The molecule has 0 unspecified atom stereocenters. The lowest BCUT2D eigenvalue weighted by atomic mass is 10.2. The molecule has 0 aromatic carbocycles. The number of thioether (sulfide) groups is 1. The topological polar surface area (TPSA) is 6.48 Å². The Labute approximate surface area is 197 Å². The molecule has 0 aromatic rings. The molecule has 0 radical (unpaired) electrons. The molecule has 2 aliphatic heterocycles. The first-order valence-corrected chi connectivity index (χ1v) is 16.6. The second kappa shape index (κ2) is 16.3. The average Bonchev–Trinajstić information content (AvgIpc) is 3.11. The highest BCUT2D eigenvalue weighted by Gasteiger charge is 2.14. The lowest BCUT2D eigenvalue weighted by Gasteiger charge is -2.22. The summed E-state index contributed by atoms with van der Waals surface area (Å²) >= 11 is 13.2. The zero-order valence-corrected chi connectivity index (χ0v) is 21.8. The van der Waals surface area contributed by atoms with Crippen molar-refractivity contribution < 1.29 is 0 Å². The van der Waals surface area contributed by atoms with Crippen molar-refractivity contribution >= 4 is 88.0 Å². The maximum absolute atomic E-state index is 5.60. The molecule has 27 heavy (non-hydrogen) atoms. The van der Waals surface area contributed by atoms with Gasteiger partial charge in [0.05, 0.1) is 0 Å². The van der Waals surface area contributed by atoms with Crippen LogP contribution in [0.3, 0.4) is 0 Å². The molecule has 0 spiro atoms. The highest BCUT2D eigenvalue weighted by Crippen LogP contribution is 2.29. The number of likely N-dealkylation sites (tertiary alicyclic amines) is 2. The van der Waals surface area contributed by atoms with Gasteiger partial charge in [0.2, 0.25) is 0 Å². The zero-order valence-electron chi connectivity index (χ0n) is 16.1. The van der Waals surface area contributed by atoms with E-state index in [0.29, 0.717) is 0 Å². The van der Waals surface area contributed by atoms with Gasteiger partial charge in [-0.25, -0.2) is 0 Å². The Hall–Kier alpha value is 1.53. The van der Waals surface area contributed by atoms with Gasteiger partial charge in [-0.05, 0) is 47.3 Å². The smallest absolute Gasteiger partial charge is 0.147 e. The molecular weight excluding hydrogens is 469 g/mol. The van der Waals surface area contributed by atoms with Gasteiger partial charge in [-0.1, -0.05) is 71.7 Å². The molecule has 0 bridgehead atoms. The standard InChI is InChI=1S/C18H32N2S7/c21-17(19-9-5-1-2-6-10-19)26-24-15-13-23-14-16-25-27-18(22)20-11-7-3-4-8-12-20/h1-16H2. The largest absolute Gasteiger partial charge is 0.357 e. The van der Waals surface area contributed by atoms with Gasteiger partial charge in [0.15, 0.2) is 0 Å². The van der Waals surface area contributed by atoms with Gasteiger partial charge in [-0.3, -0.25) is 0 Å². The second-order valence-corrected chi connectivity index (χ2v) is 14.1. The van der Waals surface area contributed by atoms with E-state index in [1.807, 2.05) is 43.2 Å². The molecule has 0 aromatic heterocycles. The molecule has 0 atom stereocenters. The lowest BCUT2D eigenvalue weighted by molar-refractivity contribution is 0.450. The zero-order chi connectivity index (χ0) is 19.2. The summed E-state index contributed by atoms with van der Waals surface area (Å²) in [5, 5.41) is 0. The third-order valence-corrected chi connectivity index (χ3v) is 12.2. The first-order chi connectivity index (χ1) is 13.3. The molecule has 0 aliphatic carbocycles. The number of hydrogen-bond donors (Lipinski definition) is 0. The molecule has 2 nitrogen and oxygen atoms in total. The van der Waals surface area contributed by atoms with E-state index in [9.17, 15) is 0 Å². The lowest BCUT2D eigenvalue weighted by Crippen LogP contribution is -2.27. The van der Waals surface area contributed by atoms with Crippen LogP contribution < -0.4 is 0 Å². The molecular formula is C18H32N2S7. The summed E-state index contributed by atoms with van der Waals surface area (Å²) < 4.78 is 2.20. The van der Waals surface area contributed by atoms with Crippen molar-refractivity contribution in [3.63, 3.8) is 0 Å². The van der Waals surface area contributed by atoms with Crippen LogP contribution in [-0.2, 0) is 0 Å². The Bertz CT molecular complexity index is 382. The Balaban J connectivity index is 1.40. The summed E-state index contributed by atoms with van der Waals surface area (Å²) in [7, 11) is 7.47. The van der Waals surface area contributed by atoms with Gasteiger partial charge in [-0.15, -0.1) is 0 Å². The molecule has 0 saturated carbocycles. The fraction of sp³-hybridized carbons (Fsp3) is 0.889. The third kappa shape index (κ3) is 11.5. The van der Waals surface area contributed by atoms with E-state index in [4.69, 9.17) is 24.4 Å². The molecule has 2 aliphatic rings. The van der Waals surface area contributed by atoms with E-state index in [2.05, 4.69) is 21.6 Å². The van der Waals surface area contributed by atoms with E-state index < -0.39 is 0 Å². The van der Waals surface area contributed by atoms with E-state index in [1.165, 1.54) is 74.4 Å². The molecule has 2 saturated heterocycles. The minimum absolute atomic E-state index is 1.10. The van der Waals surface area contributed by atoms with Crippen LogP contribution in [0.1, 0.15) is 51.4 Å². The fourth-order valence-electron chi connectivity index (χ4n) is 3.08. The number of hydrogen-bond acceptors (Lipinski definition) is 7.